The molecule has 3 aromatic rings. The van der Waals surface area contributed by atoms with Crippen LogP contribution >= 0.6 is 0 Å². The Morgan fingerprint density at radius 1 is 1.14 bits per heavy atom. The molecule has 0 unspecified atom stereocenters. The third-order valence-electron chi connectivity index (χ3n) is 3.79. The van der Waals surface area contributed by atoms with E-state index in [4.69, 9.17) is 10.5 Å². The fourth-order valence-corrected chi connectivity index (χ4v) is 2.59. The second-order valence-electron chi connectivity index (χ2n) is 5.08. The normalized spacial score (nSPS) is 11.0. The number of rotatable bonds is 3. The summed E-state index contributed by atoms with van der Waals surface area (Å²) in [5.74, 6) is 1.25. The lowest BCUT2D eigenvalue weighted by Gasteiger charge is -2.12. The summed E-state index contributed by atoms with van der Waals surface area (Å²) >= 11 is 0. The minimum atomic E-state index is 0.478. The molecule has 0 aliphatic heterocycles. The molecule has 21 heavy (non-hydrogen) atoms. The Morgan fingerprint density at radius 2 is 1.90 bits per heavy atom. The number of ether oxygens (including phenoxy) is 1. The van der Waals surface area contributed by atoms with Crippen molar-refractivity contribution in [3.63, 3.8) is 0 Å². The average Bonchev–Trinajstić information content (AvgIpc) is 2.80. The van der Waals surface area contributed by atoms with Gasteiger partial charge in [0.15, 0.2) is 0 Å². The van der Waals surface area contributed by atoms with E-state index in [1.165, 1.54) is 11.1 Å². The van der Waals surface area contributed by atoms with E-state index in [0.29, 0.717) is 12.6 Å². The van der Waals surface area contributed by atoms with Crippen LogP contribution in [-0.2, 0) is 0 Å². The molecular weight excluding hydrogens is 262 g/mol. The van der Waals surface area contributed by atoms with E-state index in [2.05, 4.69) is 31.0 Å². The fourth-order valence-electron chi connectivity index (χ4n) is 2.59. The molecule has 3 rings (SSSR count). The average molecular weight is 281 g/mol. The predicted octanol–water partition coefficient (Wildman–Crippen LogP) is 3.62. The number of nitrogens with zero attached hydrogens (tertiary/aromatic N) is 2. The van der Waals surface area contributed by atoms with Gasteiger partial charge in [0.1, 0.15) is 11.3 Å². The van der Waals surface area contributed by atoms with Gasteiger partial charge < -0.3 is 10.5 Å². The van der Waals surface area contributed by atoms with E-state index in [-0.39, 0.29) is 0 Å². The first-order chi connectivity index (χ1) is 10.1. The fraction of sp³-hybridized carbons (Fsp3) is 0.235. The van der Waals surface area contributed by atoms with Gasteiger partial charge in [-0.2, -0.15) is 0 Å². The van der Waals surface area contributed by atoms with Crippen molar-refractivity contribution in [3.05, 3.63) is 47.5 Å². The van der Waals surface area contributed by atoms with Gasteiger partial charge in [0.05, 0.1) is 17.8 Å². The molecule has 0 bridgehead atoms. The molecule has 4 nitrogen and oxygen atoms in total. The quantitative estimate of drug-likeness (QED) is 0.797. The summed E-state index contributed by atoms with van der Waals surface area (Å²) in [7, 11) is 0. The number of hydrogen-bond acceptors (Lipinski definition) is 3. The number of aromatic nitrogens is 2. The van der Waals surface area contributed by atoms with Crippen LogP contribution in [-0.4, -0.2) is 16.2 Å². The van der Waals surface area contributed by atoms with Crippen LogP contribution in [0.4, 0.5) is 5.95 Å². The van der Waals surface area contributed by atoms with Crippen molar-refractivity contribution in [2.75, 3.05) is 12.3 Å². The minimum Gasteiger partial charge on any atom is -0.492 e. The Hall–Kier alpha value is -2.49. The number of imidazole rings is 1. The topological polar surface area (TPSA) is 53.1 Å². The first kappa shape index (κ1) is 13.5. The van der Waals surface area contributed by atoms with E-state index in [1.54, 1.807) is 0 Å². The van der Waals surface area contributed by atoms with Gasteiger partial charge >= 0.3 is 0 Å². The molecule has 0 radical (unpaired) electrons. The van der Waals surface area contributed by atoms with E-state index in [0.717, 1.165) is 22.5 Å². The molecule has 0 aliphatic carbocycles. The molecule has 0 saturated carbocycles. The molecule has 2 aromatic carbocycles. The van der Waals surface area contributed by atoms with Crippen LogP contribution < -0.4 is 10.5 Å². The predicted molar refractivity (Wildman–Crippen MR) is 86.1 cm³/mol. The maximum atomic E-state index is 6.17. The molecule has 2 N–H and O–H groups in total. The van der Waals surface area contributed by atoms with Crippen molar-refractivity contribution in [3.8, 4) is 11.4 Å². The zero-order chi connectivity index (χ0) is 15.0. The maximum absolute atomic E-state index is 6.17. The van der Waals surface area contributed by atoms with Crippen LogP contribution in [0.25, 0.3) is 16.7 Å². The Balaban J connectivity index is 2.31. The molecule has 0 spiro atoms. The largest absolute Gasteiger partial charge is 0.492 e. The van der Waals surface area contributed by atoms with Crippen LogP contribution in [0.15, 0.2) is 36.4 Å². The monoisotopic (exact) mass is 281 g/mol. The highest BCUT2D eigenvalue weighted by Crippen LogP contribution is 2.31. The zero-order valence-electron chi connectivity index (χ0n) is 12.6. The number of para-hydroxylation sites is 1. The summed E-state index contributed by atoms with van der Waals surface area (Å²) in [6.07, 6.45) is 0. The summed E-state index contributed by atoms with van der Waals surface area (Å²) in [6, 6.07) is 12.1. The highest BCUT2D eigenvalue weighted by molar-refractivity contribution is 5.86. The Kier molecular flexibility index (Phi) is 3.29. The van der Waals surface area contributed by atoms with Crippen molar-refractivity contribution in [2.24, 2.45) is 0 Å². The number of fused-ring (bicyclic) bond motifs is 1. The van der Waals surface area contributed by atoms with Gasteiger partial charge in [-0.25, -0.2) is 4.98 Å². The maximum Gasteiger partial charge on any atom is 0.206 e. The molecule has 1 heterocycles. The first-order valence-electron chi connectivity index (χ1n) is 7.09. The molecule has 108 valence electrons. The van der Waals surface area contributed by atoms with Gasteiger partial charge in [0.2, 0.25) is 5.95 Å². The lowest BCUT2D eigenvalue weighted by Crippen LogP contribution is -2.03. The molecule has 0 fully saturated rings. The van der Waals surface area contributed by atoms with E-state index in [9.17, 15) is 0 Å². The summed E-state index contributed by atoms with van der Waals surface area (Å²) in [5.41, 5.74) is 11.4. The second kappa shape index (κ2) is 5.13. The zero-order valence-corrected chi connectivity index (χ0v) is 12.6. The van der Waals surface area contributed by atoms with Gasteiger partial charge in [-0.05, 0) is 50.1 Å². The van der Waals surface area contributed by atoms with Crippen molar-refractivity contribution >= 4 is 17.0 Å². The standard InChI is InChI=1S/C17H19N3O/c1-4-21-15-10-6-9-14-16(15)19-17(18)20(14)13-8-5-7-11(2)12(13)3/h5-10H,4H2,1-3H3,(H2,18,19). The number of benzene rings is 2. The van der Waals surface area contributed by atoms with Gasteiger partial charge in [-0.1, -0.05) is 18.2 Å². The number of nitrogen functional groups attached to an aromatic ring is 1. The van der Waals surface area contributed by atoms with E-state index in [1.807, 2.05) is 35.8 Å². The summed E-state index contributed by atoms with van der Waals surface area (Å²) in [5, 5.41) is 0. The lowest BCUT2D eigenvalue weighted by molar-refractivity contribution is 0.344. The molecule has 1 aromatic heterocycles. The van der Waals surface area contributed by atoms with Crippen LogP contribution in [0, 0.1) is 13.8 Å². The van der Waals surface area contributed by atoms with Gasteiger partial charge in [0, 0.05) is 0 Å². The van der Waals surface area contributed by atoms with Crippen molar-refractivity contribution in [1.29, 1.82) is 0 Å². The van der Waals surface area contributed by atoms with E-state index < -0.39 is 0 Å². The summed E-state index contributed by atoms with van der Waals surface area (Å²) < 4.78 is 7.63. The minimum absolute atomic E-state index is 0.478. The van der Waals surface area contributed by atoms with Crippen LogP contribution in [0.3, 0.4) is 0 Å². The number of nitrogens with two attached hydrogens (primary N) is 1. The molecule has 0 saturated heterocycles. The highest BCUT2D eigenvalue weighted by atomic mass is 16.5. The lowest BCUT2D eigenvalue weighted by atomic mass is 10.1. The number of anilines is 1. The number of aryl methyl sites for hydroxylation is 1. The second-order valence-corrected chi connectivity index (χ2v) is 5.08. The number of hydrogen-bond donors (Lipinski definition) is 1. The summed E-state index contributed by atoms with van der Waals surface area (Å²) in [4.78, 5) is 4.49. The SMILES string of the molecule is CCOc1cccc2c1nc(N)n2-c1cccc(C)c1C. The molecular formula is C17H19N3O. The van der Waals surface area contributed by atoms with Gasteiger partial charge in [-0.3, -0.25) is 4.57 Å². The van der Waals surface area contributed by atoms with Crippen molar-refractivity contribution < 1.29 is 4.74 Å². The van der Waals surface area contributed by atoms with Crippen LogP contribution in [0.1, 0.15) is 18.1 Å². The molecule has 0 atom stereocenters. The van der Waals surface area contributed by atoms with Crippen LogP contribution in [0.5, 0.6) is 5.75 Å². The summed E-state index contributed by atoms with van der Waals surface area (Å²) in [6.45, 7) is 6.77. The van der Waals surface area contributed by atoms with E-state index >= 15 is 0 Å². The highest BCUT2D eigenvalue weighted by Gasteiger charge is 2.15. The third kappa shape index (κ3) is 2.13. The molecule has 4 heteroatoms. The van der Waals surface area contributed by atoms with Crippen molar-refractivity contribution in [1.82, 2.24) is 9.55 Å². The van der Waals surface area contributed by atoms with Gasteiger partial charge in [0.25, 0.3) is 0 Å². The Morgan fingerprint density at radius 3 is 2.67 bits per heavy atom. The van der Waals surface area contributed by atoms with Crippen molar-refractivity contribution in [2.45, 2.75) is 20.8 Å². The smallest absolute Gasteiger partial charge is 0.206 e. The molecule has 0 amide bonds. The molecule has 0 aliphatic rings. The first-order valence-corrected chi connectivity index (χ1v) is 7.09. The van der Waals surface area contributed by atoms with Gasteiger partial charge in [-0.15, -0.1) is 0 Å². The van der Waals surface area contributed by atoms with Crippen LogP contribution in [0.2, 0.25) is 0 Å². The Bertz CT molecular complexity index is 805. The third-order valence-corrected chi connectivity index (χ3v) is 3.79. The Labute approximate surface area is 124 Å².